The largest absolute Gasteiger partial charge is 0.495 e. The number of rotatable bonds is 6. The SMILES string of the molecule is COc1ccccc1N1CCN(S(=O)(=O)c2ccc(NC=C(C#N)C#N)cc2)CC1. The van der Waals surface area contributed by atoms with E-state index in [0.29, 0.717) is 31.9 Å². The van der Waals surface area contributed by atoms with E-state index in [4.69, 9.17) is 15.3 Å². The number of allylic oxidation sites excluding steroid dienone is 1. The van der Waals surface area contributed by atoms with Crippen LogP contribution in [-0.4, -0.2) is 46.0 Å². The number of hydrogen-bond acceptors (Lipinski definition) is 7. The fourth-order valence-electron chi connectivity index (χ4n) is 3.18. The number of hydrogen-bond donors (Lipinski definition) is 1. The number of ether oxygens (including phenoxy) is 1. The van der Waals surface area contributed by atoms with Gasteiger partial charge in [0.1, 0.15) is 23.5 Å². The van der Waals surface area contributed by atoms with Gasteiger partial charge in [0.05, 0.1) is 17.7 Å². The fourth-order valence-corrected chi connectivity index (χ4v) is 4.60. The lowest BCUT2D eigenvalue weighted by Crippen LogP contribution is -2.48. The molecule has 8 nitrogen and oxygen atoms in total. The first-order valence-corrected chi connectivity index (χ1v) is 10.7. The molecule has 0 saturated carbocycles. The molecule has 1 N–H and O–H groups in total. The molecule has 2 aromatic carbocycles. The molecule has 154 valence electrons. The Hall–Kier alpha value is -3.53. The fraction of sp³-hybridized carbons (Fsp3) is 0.238. The molecular weight excluding hydrogens is 402 g/mol. The number of anilines is 2. The van der Waals surface area contributed by atoms with Gasteiger partial charge in [-0.25, -0.2) is 8.42 Å². The molecule has 0 spiro atoms. The van der Waals surface area contributed by atoms with Gasteiger partial charge in [0.15, 0.2) is 0 Å². The van der Waals surface area contributed by atoms with Gasteiger partial charge in [0.2, 0.25) is 10.0 Å². The van der Waals surface area contributed by atoms with Crippen molar-refractivity contribution in [2.75, 3.05) is 43.5 Å². The zero-order chi connectivity index (χ0) is 21.6. The summed E-state index contributed by atoms with van der Waals surface area (Å²) in [5, 5.41) is 20.3. The highest BCUT2D eigenvalue weighted by Gasteiger charge is 2.29. The van der Waals surface area contributed by atoms with E-state index in [1.165, 1.54) is 22.6 Å². The molecule has 1 heterocycles. The molecule has 30 heavy (non-hydrogen) atoms. The van der Waals surface area contributed by atoms with Crippen molar-refractivity contribution in [2.45, 2.75) is 4.90 Å². The third-order valence-electron chi connectivity index (χ3n) is 4.78. The Kier molecular flexibility index (Phi) is 6.58. The van der Waals surface area contributed by atoms with E-state index >= 15 is 0 Å². The summed E-state index contributed by atoms with van der Waals surface area (Å²) in [6, 6.07) is 17.4. The average Bonchev–Trinajstić information content (AvgIpc) is 2.80. The van der Waals surface area contributed by atoms with E-state index in [1.807, 2.05) is 24.3 Å². The second kappa shape index (κ2) is 9.31. The molecule has 0 radical (unpaired) electrons. The average molecular weight is 423 g/mol. The molecule has 0 atom stereocenters. The predicted molar refractivity (Wildman–Crippen MR) is 113 cm³/mol. The van der Waals surface area contributed by atoms with Crippen molar-refractivity contribution in [3.8, 4) is 17.9 Å². The van der Waals surface area contributed by atoms with Gasteiger partial charge in [-0.3, -0.25) is 0 Å². The van der Waals surface area contributed by atoms with E-state index in [9.17, 15) is 8.42 Å². The van der Waals surface area contributed by atoms with Crippen molar-refractivity contribution < 1.29 is 13.2 Å². The van der Waals surface area contributed by atoms with Crippen LogP contribution < -0.4 is 15.0 Å². The highest BCUT2D eigenvalue weighted by Crippen LogP contribution is 2.29. The van der Waals surface area contributed by atoms with Crippen LogP contribution in [-0.2, 0) is 10.0 Å². The van der Waals surface area contributed by atoms with Crippen LogP contribution in [0.5, 0.6) is 5.75 Å². The minimum Gasteiger partial charge on any atom is -0.495 e. The van der Waals surface area contributed by atoms with Crippen LogP contribution in [0.2, 0.25) is 0 Å². The molecule has 0 bridgehead atoms. The normalized spacial score (nSPS) is 14.3. The summed E-state index contributed by atoms with van der Waals surface area (Å²) in [6.45, 7) is 1.87. The van der Waals surface area contributed by atoms with Gasteiger partial charge in [-0.05, 0) is 36.4 Å². The Labute approximate surface area is 176 Å². The van der Waals surface area contributed by atoms with E-state index in [1.54, 1.807) is 31.4 Å². The van der Waals surface area contributed by atoms with Gasteiger partial charge in [0.25, 0.3) is 0 Å². The molecule has 9 heteroatoms. The molecule has 1 aliphatic rings. The van der Waals surface area contributed by atoms with Gasteiger partial charge < -0.3 is 15.0 Å². The minimum atomic E-state index is -3.61. The Morgan fingerprint density at radius 3 is 2.27 bits per heavy atom. The lowest BCUT2D eigenvalue weighted by molar-refractivity contribution is 0.378. The first-order valence-electron chi connectivity index (χ1n) is 9.24. The number of nitrogens with one attached hydrogen (secondary N) is 1. The van der Waals surface area contributed by atoms with Crippen LogP contribution in [0.3, 0.4) is 0 Å². The van der Waals surface area contributed by atoms with Crippen LogP contribution >= 0.6 is 0 Å². The first-order chi connectivity index (χ1) is 14.5. The van der Waals surface area contributed by atoms with Gasteiger partial charge in [-0.1, -0.05) is 12.1 Å². The third-order valence-corrected chi connectivity index (χ3v) is 6.69. The lowest BCUT2D eigenvalue weighted by atomic mass is 10.2. The van der Waals surface area contributed by atoms with E-state index < -0.39 is 10.0 Å². The summed E-state index contributed by atoms with van der Waals surface area (Å²) in [4.78, 5) is 2.31. The van der Waals surface area contributed by atoms with Crippen molar-refractivity contribution in [3.63, 3.8) is 0 Å². The third kappa shape index (κ3) is 4.54. The Morgan fingerprint density at radius 1 is 1.03 bits per heavy atom. The Morgan fingerprint density at radius 2 is 1.67 bits per heavy atom. The van der Waals surface area contributed by atoms with Crippen molar-refractivity contribution >= 4 is 21.4 Å². The molecule has 0 aromatic heterocycles. The highest BCUT2D eigenvalue weighted by atomic mass is 32.2. The van der Waals surface area contributed by atoms with Crippen LogP contribution in [0.4, 0.5) is 11.4 Å². The summed E-state index contributed by atoms with van der Waals surface area (Å²) in [5.74, 6) is 0.766. The summed E-state index contributed by atoms with van der Waals surface area (Å²) in [7, 11) is -1.99. The zero-order valence-electron chi connectivity index (χ0n) is 16.4. The van der Waals surface area contributed by atoms with Gasteiger partial charge in [-0.2, -0.15) is 14.8 Å². The number of nitriles is 2. The van der Waals surface area contributed by atoms with Crippen LogP contribution in [0, 0.1) is 22.7 Å². The van der Waals surface area contributed by atoms with E-state index in [2.05, 4.69) is 10.2 Å². The Bertz CT molecular complexity index is 1090. The predicted octanol–water partition coefficient (Wildman–Crippen LogP) is 2.55. The van der Waals surface area contributed by atoms with Crippen LogP contribution in [0.15, 0.2) is 65.2 Å². The number of piperazine rings is 1. The van der Waals surface area contributed by atoms with Gasteiger partial charge >= 0.3 is 0 Å². The highest BCUT2D eigenvalue weighted by molar-refractivity contribution is 7.89. The maximum atomic E-state index is 13.0. The summed E-state index contributed by atoms with van der Waals surface area (Å²) >= 11 is 0. The van der Waals surface area contributed by atoms with Gasteiger partial charge in [-0.15, -0.1) is 0 Å². The molecule has 3 rings (SSSR count). The second-order valence-corrected chi connectivity index (χ2v) is 8.45. The first kappa shape index (κ1) is 21.2. The van der Waals surface area contributed by atoms with E-state index in [0.717, 1.165) is 11.4 Å². The van der Waals surface area contributed by atoms with Crippen molar-refractivity contribution in [1.29, 1.82) is 10.5 Å². The number of nitrogens with zero attached hydrogens (tertiary/aromatic N) is 4. The molecule has 0 aliphatic carbocycles. The quantitative estimate of drug-likeness (QED) is 0.711. The monoisotopic (exact) mass is 423 g/mol. The van der Waals surface area contributed by atoms with Crippen molar-refractivity contribution in [1.82, 2.24) is 4.31 Å². The Balaban J connectivity index is 1.68. The smallest absolute Gasteiger partial charge is 0.243 e. The maximum Gasteiger partial charge on any atom is 0.243 e. The maximum absolute atomic E-state index is 13.0. The summed E-state index contributed by atoms with van der Waals surface area (Å²) in [5.41, 5.74) is 1.46. The molecule has 1 aliphatic heterocycles. The summed E-state index contributed by atoms with van der Waals surface area (Å²) < 4.78 is 32.9. The van der Waals surface area contributed by atoms with Crippen LogP contribution in [0.1, 0.15) is 0 Å². The van der Waals surface area contributed by atoms with Gasteiger partial charge in [0, 0.05) is 38.1 Å². The standard InChI is InChI=1S/C21H21N5O3S/c1-29-21-5-3-2-4-20(21)25-10-12-26(13-11-25)30(27,28)19-8-6-18(7-9-19)24-16-17(14-22)15-23/h2-9,16,24H,10-13H2,1H3. The summed E-state index contributed by atoms with van der Waals surface area (Å²) in [6.07, 6.45) is 1.28. The topological polar surface area (TPSA) is 109 Å². The molecule has 1 fully saturated rings. The molecular formula is C21H21N5O3S. The number of benzene rings is 2. The second-order valence-electron chi connectivity index (χ2n) is 6.51. The molecule has 0 unspecified atom stereocenters. The van der Waals surface area contributed by atoms with E-state index in [-0.39, 0.29) is 10.5 Å². The molecule has 2 aromatic rings. The van der Waals surface area contributed by atoms with Crippen LogP contribution in [0.25, 0.3) is 0 Å². The van der Waals surface area contributed by atoms with Crippen molar-refractivity contribution in [3.05, 3.63) is 60.3 Å². The van der Waals surface area contributed by atoms with Crippen molar-refractivity contribution in [2.24, 2.45) is 0 Å². The molecule has 1 saturated heterocycles. The number of sulfonamides is 1. The lowest BCUT2D eigenvalue weighted by Gasteiger charge is -2.35. The number of para-hydroxylation sites is 2. The zero-order valence-corrected chi connectivity index (χ0v) is 17.3. The number of methoxy groups -OCH3 is 1. The molecule has 0 amide bonds. The minimum absolute atomic E-state index is 0.0698.